The first-order valence-electron chi connectivity index (χ1n) is 8.16. The van der Waals surface area contributed by atoms with Gasteiger partial charge in [0, 0.05) is 18.1 Å². The second-order valence-corrected chi connectivity index (χ2v) is 5.99. The molecule has 0 heterocycles. The van der Waals surface area contributed by atoms with Crippen molar-refractivity contribution in [3.05, 3.63) is 29.3 Å². The number of nitrogens with one attached hydrogen (secondary N) is 2. The van der Waals surface area contributed by atoms with Gasteiger partial charge < -0.3 is 10.1 Å². The van der Waals surface area contributed by atoms with Crippen LogP contribution in [0.15, 0.2) is 24.3 Å². The highest BCUT2D eigenvalue weighted by Crippen LogP contribution is 2.15. The third-order valence-corrected chi connectivity index (χ3v) is 3.50. The van der Waals surface area contributed by atoms with Gasteiger partial charge in [-0.1, -0.05) is 24.9 Å². The maximum Gasteiger partial charge on any atom is 0.321 e. The normalized spacial score (nSPS) is 10.5. The number of nitrogens with zero attached hydrogens (tertiary/aromatic N) is 1. The lowest BCUT2D eigenvalue weighted by Crippen LogP contribution is -2.44. The first kappa shape index (κ1) is 20.3. The number of imide groups is 1. The van der Waals surface area contributed by atoms with Crippen LogP contribution in [0.2, 0.25) is 5.02 Å². The molecule has 0 saturated heterocycles. The lowest BCUT2D eigenvalue weighted by molar-refractivity contribution is -0.120. The summed E-state index contributed by atoms with van der Waals surface area (Å²) in [5.41, 5.74) is 0. The van der Waals surface area contributed by atoms with Gasteiger partial charge in [0.2, 0.25) is 5.91 Å². The van der Waals surface area contributed by atoms with Crippen LogP contribution in [0, 0.1) is 0 Å². The molecule has 0 fully saturated rings. The van der Waals surface area contributed by atoms with Gasteiger partial charge in [0.25, 0.3) is 0 Å². The summed E-state index contributed by atoms with van der Waals surface area (Å²) in [5, 5.41) is 5.63. The van der Waals surface area contributed by atoms with Gasteiger partial charge in [-0.25, -0.2) is 4.79 Å². The van der Waals surface area contributed by atoms with E-state index in [9.17, 15) is 9.59 Å². The summed E-state index contributed by atoms with van der Waals surface area (Å²) in [6.45, 7) is 4.02. The van der Waals surface area contributed by atoms with Crippen molar-refractivity contribution >= 4 is 23.5 Å². The van der Waals surface area contributed by atoms with Crippen LogP contribution >= 0.6 is 11.6 Å². The van der Waals surface area contributed by atoms with E-state index in [1.165, 1.54) is 0 Å². The molecule has 2 N–H and O–H groups in total. The Balaban J connectivity index is 2.12. The second-order valence-electron chi connectivity index (χ2n) is 5.55. The molecular formula is C17H26ClN3O3. The van der Waals surface area contributed by atoms with E-state index in [0.29, 0.717) is 24.7 Å². The molecule has 134 valence electrons. The van der Waals surface area contributed by atoms with E-state index >= 15 is 0 Å². The topological polar surface area (TPSA) is 70.7 Å². The quantitative estimate of drug-likeness (QED) is 0.633. The number of benzene rings is 1. The Labute approximate surface area is 148 Å². The van der Waals surface area contributed by atoms with E-state index in [2.05, 4.69) is 10.6 Å². The molecule has 7 heteroatoms. The molecule has 6 nitrogen and oxygen atoms in total. The zero-order valence-electron chi connectivity index (χ0n) is 14.3. The van der Waals surface area contributed by atoms with Crippen molar-refractivity contribution in [1.29, 1.82) is 0 Å². The van der Waals surface area contributed by atoms with E-state index < -0.39 is 6.03 Å². The molecule has 0 bridgehead atoms. The van der Waals surface area contributed by atoms with Crippen LogP contribution in [-0.4, -0.2) is 50.1 Å². The Hall–Kier alpha value is -1.79. The van der Waals surface area contributed by atoms with Gasteiger partial charge in [-0.05, 0) is 44.2 Å². The fourth-order valence-electron chi connectivity index (χ4n) is 1.97. The molecule has 1 aromatic carbocycles. The third kappa shape index (κ3) is 9.37. The monoisotopic (exact) mass is 355 g/mol. The van der Waals surface area contributed by atoms with Crippen LogP contribution in [-0.2, 0) is 4.79 Å². The highest BCUT2D eigenvalue weighted by atomic mass is 35.5. The first-order chi connectivity index (χ1) is 11.5. The third-order valence-electron chi connectivity index (χ3n) is 3.25. The SMILES string of the molecule is CCCCNC(=O)NC(=O)CN(C)CCCOc1ccc(Cl)cc1. The molecule has 1 aromatic rings. The zero-order chi connectivity index (χ0) is 17.8. The smallest absolute Gasteiger partial charge is 0.321 e. The Morgan fingerprint density at radius 1 is 1.21 bits per heavy atom. The van der Waals surface area contributed by atoms with Crippen LogP contribution in [0.25, 0.3) is 0 Å². The Morgan fingerprint density at radius 2 is 1.92 bits per heavy atom. The molecule has 0 spiro atoms. The molecule has 3 amide bonds. The lowest BCUT2D eigenvalue weighted by Gasteiger charge is -2.16. The van der Waals surface area contributed by atoms with Crippen molar-refractivity contribution in [1.82, 2.24) is 15.5 Å². The molecule has 0 aromatic heterocycles. The second kappa shape index (κ2) is 11.7. The number of halogens is 1. The molecule has 0 aliphatic rings. The number of urea groups is 1. The summed E-state index contributed by atoms with van der Waals surface area (Å²) >= 11 is 5.81. The van der Waals surface area contributed by atoms with Gasteiger partial charge in [0.1, 0.15) is 5.75 Å². The van der Waals surface area contributed by atoms with Gasteiger partial charge >= 0.3 is 6.03 Å². The largest absolute Gasteiger partial charge is 0.494 e. The summed E-state index contributed by atoms with van der Waals surface area (Å²) in [7, 11) is 1.83. The van der Waals surface area contributed by atoms with Crippen molar-refractivity contribution < 1.29 is 14.3 Å². The minimum Gasteiger partial charge on any atom is -0.494 e. The van der Waals surface area contributed by atoms with Crippen molar-refractivity contribution in [3.8, 4) is 5.75 Å². The number of amides is 3. The van der Waals surface area contributed by atoms with E-state index in [4.69, 9.17) is 16.3 Å². The van der Waals surface area contributed by atoms with E-state index in [1.807, 2.05) is 31.0 Å². The maximum absolute atomic E-state index is 11.7. The molecule has 0 saturated carbocycles. The van der Waals surface area contributed by atoms with Crippen LogP contribution < -0.4 is 15.4 Å². The predicted molar refractivity (Wildman–Crippen MR) is 95.5 cm³/mol. The lowest BCUT2D eigenvalue weighted by atomic mass is 10.3. The Kier molecular flexibility index (Phi) is 9.88. The highest BCUT2D eigenvalue weighted by Gasteiger charge is 2.09. The van der Waals surface area contributed by atoms with E-state index in [-0.39, 0.29) is 12.5 Å². The van der Waals surface area contributed by atoms with Gasteiger partial charge in [-0.2, -0.15) is 0 Å². The van der Waals surface area contributed by atoms with Gasteiger partial charge in [0.15, 0.2) is 0 Å². The average Bonchev–Trinajstić information content (AvgIpc) is 2.53. The van der Waals surface area contributed by atoms with Crippen molar-refractivity contribution in [3.63, 3.8) is 0 Å². The molecule has 0 aliphatic heterocycles. The number of hydrogen-bond donors (Lipinski definition) is 2. The van der Waals surface area contributed by atoms with Crippen molar-refractivity contribution in [2.45, 2.75) is 26.2 Å². The molecule has 0 radical (unpaired) electrons. The van der Waals surface area contributed by atoms with Gasteiger partial charge in [0.05, 0.1) is 13.2 Å². The van der Waals surface area contributed by atoms with Gasteiger partial charge in [-0.3, -0.25) is 15.0 Å². The average molecular weight is 356 g/mol. The van der Waals surface area contributed by atoms with Crippen LogP contribution in [0.5, 0.6) is 5.75 Å². The number of unbranched alkanes of at least 4 members (excludes halogenated alkanes) is 1. The number of ether oxygens (including phenoxy) is 1. The zero-order valence-corrected chi connectivity index (χ0v) is 15.1. The molecular weight excluding hydrogens is 330 g/mol. The molecule has 0 aliphatic carbocycles. The van der Waals surface area contributed by atoms with Crippen LogP contribution in [0.3, 0.4) is 0 Å². The summed E-state index contributed by atoms with van der Waals surface area (Å²) < 4.78 is 5.59. The maximum atomic E-state index is 11.7. The summed E-state index contributed by atoms with van der Waals surface area (Å²) in [4.78, 5) is 25.0. The Morgan fingerprint density at radius 3 is 2.58 bits per heavy atom. The van der Waals surface area contributed by atoms with Crippen LogP contribution in [0.4, 0.5) is 4.79 Å². The standard InChI is InChI=1S/C17H26ClN3O3/c1-3-4-10-19-17(23)20-16(22)13-21(2)11-5-12-24-15-8-6-14(18)7-9-15/h6-9H,3-5,10-13H2,1-2H3,(H2,19,20,22,23). The van der Waals surface area contributed by atoms with E-state index in [1.54, 1.807) is 12.1 Å². The number of likely N-dealkylation sites (N-methyl/N-ethyl adjacent to an activating group) is 1. The number of carbonyl (C=O) groups is 2. The van der Waals surface area contributed by atoms with Crippen LogP contribution in [0.1, 0.15) is 26.2 Å². The number of rotatable bonds is 10. The minimum atomic E-state index is -0.437. The Bertz CT molecular complexity index is 508. The van der Waals surface area contributed by atoms with Gasteiger partial charge in [-0.15, -0.1) is 0 Å². The predicted octanol–water partition coefficient (Wildman–Crippen LogP) is 2.67. The summed E-state index contributed by atoms with van der Waals surface area (Å²) in [5.74, 6) is 0.452. The fourth-order valence-corrected chi connectivity index (χ4v) is 2.09. The molecule has 0 atom stereocenters. The molecule has 24 heavy (non-hydrogen) atoms. The van der Waals surface area contributed by atoms with Crippen molar-refractivity contribution in [2.75, 3.05) is 33.3 Å². The summed E-state index contributed by atoms with van der Waals surface area (Å²) in [6, 6.07) is 6.75. The first-order valence-corrected chi connectivity index (χ1v) is 8.53. The number of carbonyl (C=O) groups excluding carboxylic acids is 2. The molecule has 0 unspecified atom stereocenters. The molecule has 1 rings (SSSR count). The van der Waals surface area contributed by atoms with E-state index in [0.717, 1.165) is 25.0 Å². The minimum absolute atomic E-state index is 0.169. The highest BCUT2D eigenvalue weighted by molar-refractivity contribution is 6.30. The number of hydrogen-bond acceptors (Lipinski definition) is 4. The van der Waals surface area contributed by atoms with Crippen molar-refractivity contribution in [2.24, 2.45) is 0 Å². The fraction of sp³-hybridized carbons (Fsp3) is 0.529. The summed E-state index contributed by atoms with van der Waals surface area (Å²) in [6.07, 6.45) is 2.67.